The topological polar surface area (TPSA) is 87.9 Å². The molecule has 3 heterocycles. The van der Waals surface area contributed by atoms with Gasteiger partial charge < -0.3 is 19.6 Å². The van der Waals surface area contributed by atoms with Crippen LogP contribution in [0.1, 0.15) is 41.7 Å². The summed E-state index contributed by atoms with van der Waals surface area (Å²) in [6, 6.07) is 4.39. The van der Waals surface area contributed by atoms with E-state index in [2.05, 4.69) is 5.10 Å². The highest BCUT2D eigenvalue weighted by Crippen LogP contribution is 2.39. The van der Waals surface area contributed by atoms with E-state index in [-0.39, 0.29) is 11.8 Å². The van der Waals surface area contributed by atoms with Crippen LogP contribution in [0.25, 0.3) is 0 Å². The van der Waals surface area contributed by atoms with Crippen molar-refractivity contribution >= 4 is 17.7 Å². The van der Waals surface area contributed by atoms with Gasteiger partial charge in [0.2, 0.25) is 0 Å². The third kappa shape index (κ3) is 4.66. The Morgan fingerprint density at radius 3 is 2.34 bits per heavy atom. The third-order valence-electron chi connectivity index (χ3n) is 5.74. The number of carbonyl (C=O) groups excluding carboxylic acids is 1. The highest BCUT2D eigenvalue weighted by Gasteiger charge is 2.33. The lowest BCUT2D eigenvalue weighted by atomic mass is 10.1. The SMILES string of the molecule is O=C(O)c1ccn(C(=O)N2CCC(Oc3ccc(C(F)(F)F)cc3N3CCCC3)CC2)n1. The zero-order chi connectivity index (χ0) is 22.9. The fourth-order valence-corrected chi connectivity index (χ4v) is 4.03. The first-order chi connectivity index (χ1) is 15.2. The van der Waals surface area contributed by atoms with Gasteiger partial charge in [-0.1, -0.05) is 0 Å². The molecule has 32 heavy (non-hydrogen) atoms. The molecule has 1 aromatic carbocycles. The number of likely N-dealkylation sites (tertiary alicyclic amines) is 1. The summed E-state index contributed by atoms with van der Waals surface area (Å²) in [5, 5.41) is 12.7. The number of aromatic nitrogens is 2. The molecule has 2 aromatic rings. The van der Waals surface area contributed by atoms with Crippen molar-refractivity contribution in [1.82, 2.24) is 14.7 Å². The molecule has 1 aromatic heterocycles. The van der Waals surface area contributed by atoms with Crippen LogP contribution in [0, 0.1) is 0 Å². The predicted molar refractivity (Wildman–Crippen MR) is 108 cm³/mol. The van der Waals surface area contributed by atoms with Crippen LogP contribution < -0.4 is 9.64 Å². The van der Waals surface area contributed by atoms with E-state index >= 15 is 0 Å². The molecule has 1 N–H and O–H groups in total. The first kappa shape index (κ1) is 22.0. The number of aromatic carboxylic acids is 1. The van der Waals surface area contributed by atoms with Crippen molar-refractivity contribution in [2.75, 3.05) is 31.1 Å². The smallest absolute Gasteiger partial charge is 0.416 e. The van der Waals surface area contributed by atoms with Crippen molar-refractivity contribution in [3.05, 3.63) is 41.7 Å². The van der Waals surface area contributed by atoms with Crippen LogP contribution in [0.3, 0.4) is 0 Å². The lowest BCUT2D eigenvalue weighted by Crippen LogP contribution is -2.43. The molecule has 1 amide bonds. The van der Waals surface area contributed by atoms with Crippen LogP contribution >= 0.6 is 0 Å². The van der Waals surface area contributed by atoms with Crippen molar-refractivity contribution in [3.8, 4) is 5.75 Å². The number of halogens is 3. The lowest BCUT2D eigenvalue weighted by molar-refractivity contribution is -0.137. The first-order valence-electron chi connectivity index (χ1n) is 10.4. The van der Waals surface area contributed by atoms with Crippen molar-refractivity contribution in [3.63, 3.8) is 0 Å². The van der Waals surface area contributed by atoms with E-state index in [0.29, 0.717) is 50.5 Å². The molecule has 0 saturated carbocycles. The standard InChI is InChI=1S/C21H23F3N4O4/c22-21(23,24)14-3-4-18(17(13-14)26-8-1-2-9-26)32-15-5-10-27(11-6-15)20(31)28-12-7-16(25-28)19(29)30/h3-4,7,12-13,15H,1-2,5-6,8-11H2,(H,29,30). The van der Waals surface area contributed by atoms with E-state index in [4.69, 9.17) is 9.84 Å². The summed E-state index contributed by atoms with van der Waals surface area (Å²) in [6.07, 6.45) is -0.520. The molecule has 2 saturated heterocycles. The lowest BCUT2D eigenvalue weighted by Gasteiger charge is -2.33. The van der Waals surface area contributed by atoms with Crippen LogP contribution in [-0.2, 0) is 6.18 Å². The predicted octanol–water partition coefficient (Wildman–Crippen LogP) is 3.71. The van der Waals surface area contributed by atoms with Crippen LogP contribution in [-0.4, -0.2) is 64.1 Å². The zero-order valence-corrected chi connectivity index (χ0v) is 17.2. The van der Waals surface area contributed by atoms with Gasteiger partial charge in [0.1, 0.15) is 11.9 Å². The summed E-state index contributed by atoms with van der Waals surface area (Å²) in [5.74, 6) is -0.795. The summed E-state index contributed by atoms with van der Waals surface area (Å²) in [4.78, 5) is 27.0. The molecular formula is C21H23F3N4O4. The molecule has 0 unspecified atom stereocenters. The van der Waals surface area contributed by atoms with Crippen LogP contribution in [0.4, 0.5) is 23.7 Å². The molecular weight excluding hydrogens is 429 g/mol. The quantitative estimate of drug-likeness (QED) is 0.761. The number of amides is 1. The second-order valence-electron chi connectivity index (χ2n) is 7.91. The van der Waals surface area contributed by atoms with Gasteiger partial charge in [-0.2, -0.15) is 23.0 Å². The number of alkyl halides is 3. The van der Waals surface area contributed by atoms with E-state index in [1.807, 2.05) is 4.90 Å². The molecule has 4 rings (SSSR count). The maximum absolute atomic E-state index is 13.2. The molecule has 11 heteroatoms. The van der Waals surface area contributed by atoms with Crippen molar-refractivity contribution in [2.45, 2.75) is 38.0 Å². The van der Waals surface area contributed by atoms with Crippen LogP contribution in [0.2, 0.25) is 0 Å². The Morgan fingerprint density at radius 2 is 1.75 bits per heavy atom. The maximum Gasteiger partial charge on any atom is 0.416 e. The van der Waals surface area contributed by atoms with Gasteiger partial charge >= 0.3 is 18.2 Å². The number of hydrogen-bond donors (Lipinski definition) is 1. The molecule has 0 spiro atoms. The van der Waals surface area contributed by atoms with E-state index in [1.165, 1.54) is 18.3 Å². The second-order valence-corrected chi connectivity index (χ2v) is 7.91. The number of piperidine rings is 1. The van der Waals surface area contributed by atoms with Crippen molar-refractivity contribution in [2.24, 2.45) is 0 Å². The zero-order valence-electron chi connectivity index (χ0n) is 17.2. The number of anilines is 1. The number of hydrogen-bond acceptors (Lipinski definition) is 5. The fraction of sp³-hybridized carbons (Fsp3) is 0.476. The molecule has 8 nitrogen and oxygen atoms in total. The first-order valence-corrected chi connectivity index (χ1v) is 10.4. The summed E-state index contributed by atoms with van der Waals surface area (Å²) in [6.45, 7) is 2.11. The van der Waals surface area contributed by atoms with E-state index in [0.717, 1.165) is 29.7 Å². The number of carboxylic acid groups (broad SMARTS) is 1. The van der Waals surface area contributed by atoms with Crippen molar-refractivity contribution in [1.29, 1.82) is 0 Å². The Bertz CT molecular complexity index is 993. The summed E-state index contributed by atoms with van der Waals surface area (Å²) in [5.41, 5.74) is -0.464. The highest BCUT2D eigenvalue weighted by atomic mass is 19.4. The van der Waals surface area contributed by atoms with Crippen LogP contribution in [0.15, 0.2) is 30.5 Å². The Balaban J connectivity index is 1.42. The molecule has 0 bridgehead atoms. The Kier molecular flexibility index (Phi) is 5.98. The van der Waals surface area contributed by atoms with Gasteiger partial charge in [-0.05, 0) is 37.1 Å². The van der Waals surface area contributed by atoms with Gasteiger partial charge in [-0.25, -0.2) is 9.59 Å². The van der Waals surface area contributed by atoms with Gasteiger partial charge in [-0.15, -0.1) is 0 Å². The molecule has 0 aliphatic carbocycles. The Labute approximate surface area is 182 Å². The number of carbonyl (C=O) groups is 2. The molecule has 2 aliphatic rings. The molecule has 172 valence electrons. The minimum absolute atomic E-state index is 0.215. The Hall–Kier alpha value is -3.24. The summed E-state index contributed by atoms with van der Waals surface area (Å²) in [7, 11) is 0. The maximum atomic E-state index is 13.2. The van der Waals surface area contributed by atoms with E-state index in [1.54, 1.807) is 4.90 Å². The summed E-state index contributed by atoms with van der Waals surface area (Å²) < 4.78 is 46.7. The number of rotatable bonds is 4. The van der Waals surface area contributed by atoms with Gasteiger partial charge in [0.05, 0.1) is 11.3 Å². The number of benzene rings is 1. The molecule has 2 fully saturated rings. The number of ether oxygens (including phenoxy) is 1. The second kappa shape index (κ2) is 8.71. The molecule has 2 aliphatic heterocycles. The minimum atomic E-state index is -4.42. The van der Waals surface area contributed by atoms with E-state index in [9.17, 15) is 22.8 Å². The highest BCUT2D eigenvalue weighted by molar-refractivity contribution is 5.86. The average Bonchev–Trinajstić information content (AvgIpc) is 3.46. The average molecular weight is 452 g/mol. The monoisotopic (exact) mass is 452 g/mol. The van der Waals surface area contributed by atoms with Crippen molar-refractivity contribution < 1.29 is 32.6 Å². The van der Waals surface area contributed by atoms with Crippen LogP contribution in [0.5, 0.6) is 5.75 Å². The largest absolute Gasteiger partial charge is 0.488 e. The molecule has 0 radical (unpaired) electrons. The third-order valence-corrected chi connectivity index (χ3v) is 5.74. The minimum Gasteiger partial charge on any atom is -0.488 e. The van der Waals surface area contributed by atoms with Gasteiger partial charge in [0.15, 0.2) is 5.69 Å². The van der Waals surface area contributed by atoms with Gasteiger partial charge in [-0.3, -0.25) is 0 Å². The Morgan fingerprint density at radius 1 is 1.06 bits per heavy atom. The normalized spacial score (nSPS) is 17.6. The summed E-state index contributed by atoms with van der Waals surface area (Å²) >= 11 is 0. The number of nitrogens with zero attached hydrogens (tertiary/aromatic N) is 4. The van der Waals surface area contributed by atoms with Gasteiger partial charge in [0.25, 0.3) is 0 Å². The fourth-order valence-electron chi connectivity index (χ4n) is 4.03. The van der Waals surface area contributed by atoms with E-state index < -0.39 is 23.7 Å². The molecule has 0 atom stereocenters. The van der Waals surface area contributed by atoms with Gasteiger partial charge in [0, 0.05) is 45.2 Å². The number of carboxylic acids is 1.